The van der Waals surface area contributed by atoms with Gasteiger partial charge in [-0.1, -0.05) is 20.8 Å². The number of anilines is 1. The number of amides is 1. The molecule has 1 aromatic carbocycles. The molecule has 228 valence electrons. The van der Waals surface area contributed by atoms with Gasteiger partial charge in [0.2, 0.25) is 0 Å². The fourth-order valence-electron chi connectivity index (χ4n) is 5.46. The number of aliphatic hydroxyl groups is 1. The summed E-state index contributed by atoms with van der Waals surface area (Å²) in [5.41, 5.74) is 0.198. The van der Waals surface area contributed by atoms with Gasteiger partial charge in [0.15, 0.2) is 0 Å². The first kappa shape index (κ1) is 31.0. The van der Waals surface area contributed by atoms with Gasteiger partial charge in [0.05, 0.1) is 30.5 Å². The molecule has 4 rings (SSSR count). The smallest absolute Gasteiger partial charge is 0.304 e. The first-order chi connectivity index (χ1) is 19.0. The Bertz CT molecular complexity index is 1410. The number of carbonyl (C=O) groups is 1. The number of benzene rings is 1. The largest absolute Gasteiger partial charge is 0.493 e. The van der Waals surface area contributed by atoms with Gasteiger partial charge in [-0.15, -0.1) is 0 Å². The third-order valence-electron chi connectivity index (χ3n) is 7.12. The highest BCUT2D eigenvalue weighted by Gasteiger charge is 2.45. The topological polar surface area (TPSA) is 112 Å². The molecule has 2 atom stereocenters. The zero-order valence-electron chi connectivity index (χ0n) is 23.8. The molecule has 0 saturated carbocycles. The summed E-state index contributed by atoms with van der Waals surface area (Å²) in [7, 11) is -4.72. The first-order valence-corrected chi connectivity index (χ1v) is 15.0. The average Bonchev–Trinajstić information content (AvgIpc) is 3.12. The molecule has 1 amide bonds. The molecule has 2 N–H and O–H groups in total. The summed E-state index contributed by atoms with van der Waals surface area (Å²) in [4.78, 5) is 20.0. The predicted octanol–water partition coefficient (Wildman–Crippen LogP) is 4.47. The molecule has 2 aliphatic rings. The van der Waals surface area contributed by atoms with E-state index in [1.54, 1.807) is 6.07 Å². The molecule has 1 aromatic heterocycles. The van der Waals surface area contributed by atoms with E-state index < -0.39 is 59.0 Å². The van der Waals surface area contributed by atoms with Crippen LogP contribution in [-0.4, -0.2) is 72.5 Å². The van der Waals surface area contributed by atoms with Crippen LogP contribution in [0.2, 0.25) is 0 Å². The summed E-state index contributed by atoms with van der Waals surface area (Å²) in [6, 6.07) is 7.06. The molecule has 2 saturated heterocycles. The molecule has 2 aromatic rings. The van der Waals surface area contributed by atoms with Crippen LogP contribution in [0.1, 0.15) is 59.2 Å². The molecule has 0 spiro atoms. The van der Waals surface area contributed by atoms with Crippen LogP contribution in [0, 0.1) is 17.7 Å². The summed E-state index contributed by atoms with van der Waals surface area (Å²) >= 11 is 0. The number of aromatic nitrogens is 1. The van der Waals surface area contributed by atoms with E-state index in [9.17, 15) is 31.5 Å². The quantitative estimate of drug-likeness (QED) is 0.460. The number of hydrogen-bond acceptors (Lipinski definition) is 7. The Morgan fingerprint density at radius 1 is 1.22 bits per heavy atom. The van der Waals surface area contributed by atoms with Gasteiger partial charge in [-0.2, -0.15) is 12.7 Å². The average molecular weight is 601 g/mol. The van der Waals surface area contributed by atoms with Crippen LogP contribution in [0.3, 0.4) is 0 Å². The van der Waals surface area contributed by atoms with Crippen molar-refractivity contribution in [1.29, 1.82) is 0 Å². The molecule has 41 heavy (non-hydrogen) atoms. The van der Waals surface area contributed by atoms with Gasteiger partial charge >= 0.3 is 10.2 Å². The van der Waals surface area contributed by atoms with Crippen molar-refractivity contribution in [1.82, 2.24) is 14.0 Å². The lowest BCUT2D eigenvalue weighted by molar-refractivity contribution is -0.0869. The van der Waals surface area contributed by atoms with Crippen molar-refractivity contribution in [3.05, 3.63) is 41.7 Å². The van der Waals surface area contributed by atoms with Crippen LogP contribution in [0.25, 0.3) is 11.3 Å². The molecule has 9 nitrogen and oxygen atoms in total. The summed E-state index contributed by atoms with van der Waals surface area (Å²) in [5.74, 6) is -4.08. The first-order valence-electron chi connectivity index (χ1n) is 13.6. The summed E-state index contributed by atoms with van der Waals surface area (Å²) < 4.78 is 76.4. The number of ether oxygens (including phenoxy) is 1. The van der Waals surface area contributed by atoms with Crippen molar-refractivity contribution < 1.29 is 37.7 Å². The van der Waals surface area contributed by atoms with Crippen molar-refractivity contribution in [2.24, 2.45) is 11.8 Å². The van der Waals surface area contributed by atoms with E-state index in [-0.39, 0.29) is 24.6 Å². The minimum Gasteiger partial charge on any atom is -0.493 e. The number of nitrogens with one attached hydrogen (secondary N) is 1. The third kappa shape index (κ3) is 7.31. The Kier molecular flexibility index (Phi) is 8.64. The second kappa shape index (κ2) is 11.4. The second-order valence-corrected chi connectivity index (χ2v) is 13.8. The van der Waals surface area contributed by atoms with Crippen LogP contribution >= 0.6 is 0 Å². The van der Waals surface area contributed by atoms with E-state index in [0.29, 0.717) is 34.5 Å². The van der Waals surface area contributed by atoms with Gasteiger partial charge < -0.3 is 14.7 Å². The monoisotopic (exact) mass is 600 g/mol. The van der Waals surface area contributed by atoms with Gasteiger partial charge in [-0.25, -0.2) is 22.9 Å². The Morgan fingerprint density at radius 3 is 2.54 bits per heavy atom. The lowest BCUT2D eigenvalue weighted by Gasteiger charge is -2.35. The fourth-order valence-corrected chi connectivity index (χ4v) is 6.66. The lowest BCUT2D eigenvalue weighted by atomic mass is 9.97. The van der Waals surface area contributed by atoms with Gasteiger partial charge in [-0.3, -0.25) is 4.79 Å². The molecule has 0 radical (unpaired) electrons. The number of alkyl halides is 2. The van der Waals surface area contributed by atoms with Crippen LogP contribution < -0.4 is 14.4 Å². The van der Waals surface area contributed by atoms with E-state index in [4.69, 9.17) is 9.72 Å². The van der Waals surface area contributed by atoms with Gasteiger partial charge in [-0.05, 0) is 56.4 Å². The maximum Gasteiger partial charge on any atom is 0.304 e. The highest BCUT2D eigenvalue weighted by atomic mass is 32.2. The fraction of sp³-hybridized carbons (Fsp3) is 0.571. The van der Waals surface area contributed by atoms with E-state index in [1.807, 2.05) is 44.2 Å². The number of nitrogens with zero attached hydrogens (tertiary/aromatic N) is 3. The minimum absolute atomic E-state index is 0. The molecular weight excluding hydrogens is 561 g/mol. The Hall–Kier alpha value is -2.90. The Labute approximate surface area is 240 Å². The van der Waals surface area contributed by atoms with Crippen molar-refractivity contribution >= 4 is 21.9 Å². The van der Waals surface area contributed by atoms with Crippen molar-refractivity contribution in [2.45, 2.75) is 65.0 Å². The van der Waals surface area contributed by atoms with Crippen LogP contribution in [0.15, 0.2) is 30.3 Å². The van der Waals surface area contributed by atoms with Crippen LogP contribution in [-0.2, 0) is 10.2 Å². The maximum atomic E-state index is 14.5. The zero-order chi connectivity index (χ0) is 30.3. The molecule has 3 heterocycles. The van der Waals surface area contributed by atoms with Crippen molar-refractivity contribution in [2.75, 3.05) is 31.1 Å². The molecule has 0 bridgehead atoms. The van der Waals surface area contributed by atoms with Crippen molar-refractivity contribution in [3.8, 4) is 17.0 Å². The second-order valence-electron chi connectivity index (χ2n) is 12.1. The van der Waals surface area contributed by atoms with Gasteiger partial charge in [0.1, 0.15) is 17.4 Å². The number of pyridine rings is 1. The molecule has 0 aliphatic carbocycles. The highest BCUT2D eigenvalue weighted by Crippen LogP contribution is 2.39. The molecular formula is C28H39F3N4O5S. The molecule has 2 aliphatic heterocycles. The van der Waals surface area contributed by atoms with E-state index in [1.165, 1.54) is 24.3 Å². The van der Waals surface area contributed by atoms with E-state index in [2.05, 4.69) is 0 Å². The highest BCUT2D eigenvalue weighted by molar-refractivity contribution is 7.87. The van der Waals surface area contributed by atoms with E-state index in [0.717, 1.165) is 6.42 Å². The Balaban J connectivity index is 0.00000484. The van der Waals surface area contributed by atoms with E-state index >= 15 is 0 Å². The molecule has 2 fully saturated rings. The number of β-amino-alcohol motifs (C(OH)–C–C–N with tert-alkyl or cyclic N) is 1. The number of halogens is 3. The maximum absolute atomic E-state index is 14.5. The zero-order valence-corrected chi connectivity index (χ0v) is 24.6. The number of rotatable bonds is 8. The summed E-state index contributed by atoms with van der Waals surface area (Å²) in [5, 5.41) is 9.79. The summed E-state index contributed by atoms with van der Waals surface area (Å²) in [6.07, 6.45) is -1.67. The molecule has 13 heteroatoms. The van der Waals surface area contributed by atoms with Crippen molar-refractivity contribution in [3.63, 3.8) is 0 Å². The van der Waals surface area contributed by atoms with Gasteiger partial charge in [0, 0.05) is 38.1 Å². The number of aliphatic hydroxyl groups excluding tert-OH is 1. The lowest BCUT2D eigenvalue weighted by Crippen LogP contribution is -2.55. The minimum atomic E-state index is -4.72. The number of carbonyl (C=O) groups excluding carboxylic acids is 1. The number of piperidine rings is 1. The van der Waals surface area contributed by atoms with Crippen LogP contribution in [0.5, 0.6) is 5.75 Å². The normalized spacial score (nSPS) is 22.6. The number of hydrogen-bond donors (Lipinski definition) is 2. The third-order valence-corrected chi connectivity index (χ3v) is 8.52. The SMILES string of the molecule is CC(C)COc1cc(F)cc(-c2ccc(C(=O)NS(=O)(=O)N3CC(O)CC(F)(F)C3)c(N3C[C@@H](C)CC3(C)C)n2)c1.[HH]. The standard InChI is InChI=1S/C28H37F3N4O5S.H2/c1-17(2)15-40-22-9-19(8-20(29)10-22)24-7-6-23(25(32-24)35-13-18(3)11-27(35,4)5)26(37)33-41(38,39)34-14-21(36)12-28(30,31)16-34;/h6-10,17-18,21,36H,11-16H2,1-5H3,(H,33,37);1H/t18-,21?;/m0./s1. The van der Waals surface area contributed by atoms with Crippen LogP contribution in [0.4, 0.5) is 19.0 Å². The summed E-state index contributed by atoms with van der Waals surface area (Å²) in [6.45, 7) is 9.10. The van der Waals surface area contributed by atoms with Gasteiger partial charge in [0.25, 0.3) is 11.8 Å². The predicted molar refractivity (Wildman–Crippen MR) is 151 cm³/mol. The Morgan fingerprint density at radius 2 is 1.93 bits per heavy atom. The molecule has 1 unspecified atom stereocenters.